The van der Waals surface area contributed by atoms with Gasteiger partial charge < -0.3 is 48.6 Å². The Morgan fingerprint density at radius 2 is 1.30 bits per heavy atom. The average Bonchev–Trinajstić information content (AvgIpc) is 3.06. The van der Waals surface area contributed by atoms with Crippen molar-refractivity contribution in [1.29, 1.82) is 0 Å². The number of fused-ring (bicyclic) bond motifs is 1. The average molecular weight is 648 g/mol. The van der Waals surface area contributed by atoms with Gasteiger partial charge in [0.15, 0.2) is 11.6 Å². The molecule has 1 N–H and O–H groups in total. The van der Waals surface area contributed by atoms with Crippen LogP contribution in [0.15, 0.2) is 0 Å². The maximum atomic E-state index is 12.9. The minimum Gasteiger partial charge on any atom is -0.481 e. The number of piperazine rings is 1. The van der Waals surface area contributed by atoms with E-state index in [1.54, 1.807) is 40.4 Å². The number of piperidine rings is 1. The predicted octanol–water partition coefficient (Wildman–Crippen LogP) is 0.730. The van der Waals surface area contributed by atoms with E-state index in [-0.39, 0.29) is 25.0 Å². The molecule has 16 nitrogen and oxygen atoms in total. The molecular formula is C30H49N9O7. The molecule has 2 aliphatic rings. The van der Waals surface area contributed by atoms with Crippen molar-refractivity contribution in [3.8, 4) is 0 Å². The monoisotopic (exact) mass is 647 g/mol. The standard InChI is InChI=1S/C30H49N9O7/c1-35-13-14-39(21-23(35)40)28-26-25(31-29(34-28)37(15-18-43-2)10-6-7-24(41)42)27(36-11-8-22(46-5)9-12-36)33-30(32-26)38(16-19-44-3)17-20-45-4/h22H,6-21H2,1-5H3,(H,41,42). The molecule has 16 heteroatoms. The van der Waals surface area contributed by atoms with Crippen LogP contribution in [0.25, 0.3) is 11.0 Å². The van der Waals surface area contributed by atoms with Crippen molar-refractivity contribution in [2.24, 2.45) is 0 Å². The number of aliphatic carboxylic acids is 1. The molecule has 0 aliphatic carbocycles. The summed E-state index contributed by atoms with van der Waals surface area (Å²) in [6.45, 7) is 5.99. The van der Waals surface area contributed by atoms with E-state index in [4.69, 9.17) is 38.9 Å². The van der Waals surface area contributed by atoms with E-state index >= 15 is 0 Å². The maximum absolute atomic E-state index is 12.9. The van der Waals surface area contributed by atoms with Crippen LogP contribution in [0.2, 0.25) is 0 Å². The van der Waals surface area contributed by atoms with Crippen LogP contribution in [-0.4, -0.2) is 162 Å². The van der Waals surface area contributed by atoms with E-state index in [2.05, 4.69) is 4.90 Å². The molecule has 0 atom stereocenters. The molecule has 2 fully saturated rings. The van der Waals surface area contributed by atoms with E-state index in [1.165, 1.54) is 0 Å². The second-order valence-electron chi connectivity index (χ2n) is 11.5. The molecular weight excluding hydrogens is 598 g/mol. The number of amides is 1. The summed E-state index contributed by atoms with van der Waals surface area (Å²) >= 11 is 0. The SMILES string of the molecule is COCCN(CCCC(=O)O)c1nc(N2CCN(C)C(=O)C2)c2nc(N(CCOC)CCOC)nc(N3CCC(OC)CC3)c2n1. The van der Waals surface area contributed by atoms with Crippen molar-refractivity contribution in [3.63, 3.8) is 0 Å². The molecule has 46 heavy (non-hydrogen) atoms. The Balaban J connectivity index is 1.92. The Labute approximate surface area is 270 Å². The van der Waals surface area contributed by atoms with Crippen molar-refractivity contribution >= 4 is 46.4 Å². The van der Waals surface area contributed by atoms with E-state index in [1.807, 2.05) is 14.7 Å². The largest absolute Gasteiger partial charge is 0.481 e. The Morgan fingerprint density at radius 3 is 1.78 bits per heavy atom. The fourth-order valence-corrected chi connectivity index (χ4v) is 5.58. The highest BCUT2D eigenvalue weighted by Gasteiger charge is 2.30. The quantitative estimate of drug-likeness (QED) is 0.241. The van der Waals surface area contributed by atoms with Gasteiger partial charge in [-0.05, 0) is 19.3 Å². The topological polar surface area (TPSA) is 159 Å². The summed E-state index contributed by atoms with van der Waals surface area (Å²) in [4.78, 5) is 54.4. The van der Waals surface area contributed by atoms with Crippen molar-refractivity contribution in [3.05, 3.63) is 0 Å². The van der Waals surface area contributed by atoms with Crippen LogP contribution in [0.1, 0.15) is 25.7 Å². The van der Waals surface area contributed by atoms with E-state index < -0.39 is 5.97 Å². The highest BCUT2D eigenvalue weighted by Crippen LogP contribution is 2.34. The summed E-state index contributed by atoms with van der Waals surface area (Å²) in [5.74, 6) is 1.25. The van der Waals surface area contributed by atoms with Crippen molar-refractivity contribution in [2.75, 3.05) is 134 Å². The zero-order valence-electron chi connectivity index (χ0n) is 27.8. The molecule has 0 radical (unpaired) electrons. The number of carboxylic acids is 1. The molecule has 0 bridgehead atoms. The molecule has 4 rings (SSSR count). The lowest BCUT2D eigenvalue weighted by Crippen LogP contribution is -2.49. The lowest BCUT2D eigenvalue weighted by molar-refractivity contribution is -0.137. The number of carboxylic acid groups (broad SMARTS) is 1. The predicted molar refractivity (Wildman–Crippen MR) is 174 cm³/mol. The third kappa shape index (κ3) is 9.02. The number of hydrogen-bond acceptors (Lipinski definition) is 14. The van der Waals surface area contributed by atoms with Gasteiger partial charge in [-0.2, -0.15) is 9.97 Å². The number of carbonyl (C=O) groups excluding carboxylic acids is 1. The second kappa shape index (κ2) is 17.4. The summed E-state index contributed by atoms with van der Waals surface area (Å²) in [6, 6.07) is 0. The van der Waals surface area contributed by atoms with Crippen molar-refractivity contribution in [1.82, 2.24) is 24.8 Å². The van der Waals surface area contributed by atoms with Gasteiger partial charge in [-0.25, -0.2) is 9.97 Å². The molecule has 1 amide bonds. The Hall–Kier alpha value is -3.60. The number of rotatable bonds is 18. The third-order valence-electron chi connectivity index (χ3n) is 8.40. The Kier molecular flexibility index (Phi) is 13.3. The summed E-state index contributed by atoms with van der Waals surface area (Å²) < 4.78 is 21.8. The van der Waals surface area contributed by atoms with Crippen LogP contribution in [0.3, 0.4) is 0 Å². The fourth-order valence-electron chi connectivity index (χ4n) is 5.58. The number of aromatic nitrogens is 4. The molecule has 0 unspecified atom stereocenters. The number of nitrogens with zero attached hydrogens (tertiary/aromatic N) is 9. The van der Waals surface area contributed by atoms with Gasteiger partial charge >= 0.3 is 5.97 Å². The normalized spacial score (nSPS) is 16.0. The maximum Gasteiger partial charge on any atom is 0.303 e. The van der Waals surface area contributed by atoms with Crippen molar-refractivity contribution in [2.45, 2.75) is 31.8 Å². The molecule has 2 aromatic heterocycles. The van der Waals surface area contributed by atoms with Crippen LogP contribution in [0, 0.1) is 0 Å². The molecule has 0 saturated carbocycles. The van der Waals surface area contributed by atoms with Gasteiger partial charge in [0.25, 0.3) is 0 Å². The number of hydrogen-bond donors (Lipinski definition) is 1. The molecule has 2 saturated heterocycles. The van der Waals surface area contributed by atoms with Gasteiger partial charge in [-0.3, -0.25) is 9.59 Å². The van der Waals surface area contributed by atoms with E-state index in [9.17, 15) is 14.7 Å². The lowest BCUT2D eigenvalue weighted by atomic mass is 10.1. The Bertz CT molecular complexity index is 1290. The molecule has 0 spiro atoms. The summed E-state index contributed by atoms with van der Waals surface area (Å²) in [5.41, 5.74) is 1.12. The van der Waals surface area contributed by atoms with Gasteiger partial charge in [-0.1, -0.05) is 0 Å². The summed E-state index contributed by atoms with van der Waals surface area (Å²) in [6.07, 6.45) is 2.26. The number of methoxy groups -OCH3 is 4. The first kappa shape index (κ1) is 35.3. The molecule has 2 aromatic rings. The van der Waals surface area contributed by atoms with Gasteiger partial charge in [-0.15, -0.1) is 0 Å². The first-order chi connectivity index (χ1) is 22.3. The number of anilines is 4. The fraction of sp³-hybridized carbons (Fsp3) is 0.733. The first-order valence-corrected chi connectivity index (χ1v) is 15.8. The first-order valence-electron chi connectivity index (χ1n) is 15.8. The Morgan fingerprint density at radius 1 is 0.783 bits per heavy atom. The molecule has 0 aromatic carbocycles. The molecule has 4 heterocycles. The van der Waals surface area contributed by atoms with Crippen LogP contribution in [0.4, 0.5) is 23.5 Å². The van der Waals surface area contributed by atoms with Crippen LogP contribution in [-0.2, 0) is 28.5 Å². The van der Waals surface area contributed by atoms with Gasteiger partial charge in [0, 0.05) is 94.3 Å². The minimum atomic E-state index is -0.864. The highest BCUT2D eigenvalue weighted by molar-refractivity contribution is 5.96. The zero-order valence-corrected chi connectivity index (χ0v) is 27.8. The van der Waals surface area contributed by atoms with Gasteiger partial charge in [0.2, 0.25) is 17.8 Å². The van der Waals surface area contributed by atoms with Gasteiger partial charge in [0.05, 0.1) is 32.5 Å². The van der Waals surface area contributed by atoms with Crippen LogP contribution < -0.4 is 19.6 Å². The van der Waals surface area contributed by atoms with E-state index in [0.717, 1.165) is 12.8 Å². The zero-order chi connectivity index (χ0) is 33.1. The molecule has 2 aliphatic heterocycles. The van der Waals surface area contributed by atoms with Gasteiger partial charge in [0.1, 0.15) is 11.0 Å². The number of carbonyl (C=O) groups is 2. The molecule has 256 valence electrons. The highest BCUT2D eigenvalue weighted by atomic mass is 16.5. The van der Waals surface area contributed by atoms with Crippen LogP contribution in [0.5, 0.6) is 0 Å². The number of ether oxygens (including phenoxy) is 4. The number of likely N-dealkylation sites (N-methyl/N-ethyl adjacent to an activating group) is 1. The second-order valence-corrected chi connectivity index (χ2v) is 11.5. The summed E-state index contributed by atoms with van der Waals surface area (Å²) in [7, 11) is 8.47. The van der Waals surface area contributed by atoms with E-state index in [0.29, 0.717) is 113 Å². The smallest absolute Gasteiger partial charge is 0.303 e. The van der Waals surface area contributed by atoms with Crippen molar-refractivity contribution < 1.29 is 33.6 Å². The minimum absolute atomic E-state index is 0.0157. The summed E-state index contributed by atoms with van der Waals surface area (Å²) in [5, 5.41) is 9.30. The third-order valence-corrected chi connectivity index (χ3v) is 8.40. The lowest BCUT2D eigenvalue weighted by Gasteiger charge is -2.35. The van der Waals surface area contributed by atoms with Crippen LogP contribution >= 0.6 is 0 Å².